The van der Waals surface area contributed by atoms with Crippen LogP contribution in [0.2, 0.25) is 0 Å². The highest BCUT2D eigenvalue weighted by Crippen LogP contribution is 2.08. The van der Waals surface area contributed by atoms with Crippen molar-refractivity contribution >= 4 is 40.4 Å². The van der Waals surface area contributed by atoms with Crippen LogP contribution in [-0.2, 0) is 22.4 Å². The molecule has 1 aromatic carbocycles. The second-order valence-electron chi connectivity index (χ2n) is 4.83. The summed E-state index contributed by atoms with van der Waals surface area (Å²) in [6, 6.07) is 9.49. The second-order valence-corrected chi connectivity index (χ2v) is 6.27. The van der Waals surface area contributed by atoms with Gasteiger partial charge in [-0.15, -0.1) is 11.3 Å². The van der Waals surface area contributed by atoms with Crippen LogP contribution >= 0.6 is 23.6 Å². The highest BCUT2D eigenvalue weighted by molar-refractivity contribution is 7.80. The summed E-state index contributed by atoms with van der Waals surface area (Å²) in [4.78, 5) is 24.5. The van der Waals surface area contributed by atoms with Crippen molar-refractivity contribution in [2.45, 2.75) is 12.8 Å². The van der Waals surface area contributed by atoms with Gasteiger partial charge in [0.2, 0.25) is 5.91 Å². The Morgan fingerprint density at radius 3 is 2.52 bits per heavy atom. The molecule has 0 aliphatic heterocycles. The van der Waals surface area contributed by atoms with Crippen LogP contribution in [0.4, 0.5) is 4.39 Å². The first-order valence-electron chi connectivity index (χ1n) is 6.89. The first kappa shape index (κ1) is 17.2. The molecule has 2 rings (SSSR count). The summed E-state index contributed by atoms with van der Waals surface area (Å²) in [5.74, 6) is -0.670. The maximum Gasteiger partial charge on any atom is 0.231 e. The van der Waals surface area contributed by atoms with E-state index in [-0.39, 0.29) is 42.0 Å². The summed E-state index contributed by atoms with van der Waals surface area (Å²) < 4.78 is 12.8. The van der Waals surface area contributed by atoms with Crippen LogP contribution in [0.15, 0.2) is 41.8 Å². The zero-order valence-corrected chi connectivity index (χ0v) is 13.8. The third kappa shape index (κ3) is 6.25. The van der Waals surface area contributed by atoms with E-state index in [0.717, 1.165) is 10.4 Å². The van der Waals surface area contributed by atoms with Crippen LogP contribution in [0.25, 0.3) is 0 Å². The van der Waals surface area contributed by atoms with E-state index in [2.05, 4.69) is 10.6 Å². The Balaban J connectivity index is 1.70. The van der Waals surface area contributed by atoms with Crippen LogP contribution < -0.4 is 10.6 Å². The average molecular weight is 350 g/mol. The monoisotopic (exact) mass is 350 g/mol. The van der Waals surface area contributed by atoms with Gasteiger partial charge in [0.1, 0.15) is 5.82 Å². The third-order valence-electron chi connectivity index (χ3n) is 2.93. The van der Waals surface area contributed by atoms with E-state index in [0.29, 0.717) is 0 Å². The smallest absolute Gasteiger partial charge is 0.231 e. The topological polar surface area (TPSA) is 58.2 Å². The van der Waals surface area contributed by atoms with E-state index in [9.17, 15) is 14.0 Å². The van der Waals surface area contributed by atoms with E-state index in [1.807, 2.05) is 17.5 Å². The average Bonchev–Trinajstić information content (AvgIpc) is 3.00. The minimum absolute atomic E-state index is 0.00942. The predicted molar refractivity (Wildman–Crippen MR) is 91.9 cm³/mol. The molecule has 1 amide bonds. The zero-order chi connectivity index (χ0) is 16.7. The predicted octanol–water partition coefficient (Wildman–Crippen LogP) is 2.23. The third-order valence-corrected chi connectivity index (χ3v) is 4.05. The lowest BCUT2D eigenvalue weighted by Gasteiger charge is -2.08. The Labute approximate surface area is 142 Å². The van der Waals surface area contributed by atoms with Crippen molar-refractivity contribution in [2.24, 2.45) is 0 Å². The molecule has 120 valence electrons. The van der Waals surface area contributed by atoms with Crippen LogP contribution in [-0.4, -0.2) is 23.3 Å². The fourth-order valence-corrected chi connectivity index (χ4v) is 2.75. The van der Waals surface area contributed by atoms with Crippen LogP contribution in [0.1, 0.15) is 10.4 Å². The molecule has 4 nitrogen and oxygen atoms in total. The molecule has 0 unspecified atom stereocenters. The number of thiophene rings is 1. The van der Waals surface area contributed by atoms with Crippen molar-refractivity contribution in [3.05, 3.63) is 58.0 Å². The van der Waals surface area contributed by atoms with E-state index < -0.39 is 0 Å². The molecule has 0 aliphatic rings. The standard InChI is InChI=1S/C16H15FN2O2S2/c17-12-5-3-11(4-6-12)8-13(20)10-18-16(22)19-15(21)9-14-2-1-7-23-14/h1-7H,8-10H2,(H2,18,19,21,22). The molecule has 2 aromatic rings. The van der Waals surface area contributed by atoms with Gasteiger partial charge in [0.05, 0.1) is 13.0 Å². The van der Waals surface area contributed by atoms with Gasteiger partial charge >= 0.3 is 0 Å². The lowest BCUT2D eigenvalue weighted by molar-refractivity contribution is -0.119. The number of benzene rings is 1. The summed E-state index contributed by atoms with van der Waals surface area (Å²) in [5, 5.41) is 7.26. The van der Waals surface area contributed by atoms with Crippen molar-refractivity contribution in [1.82, 2.24) is 10.6 Å². The van der Waals surface area contributed by atoms with Crippen LogP contribution in [0.3, 0.4) is 0 Å². The van der Waals surface area contributed by atoms with Crippen LogP contribution in [0.5, 0.6) is 0 Å². The molecule has 0 atom stereocenters. The van der Waals surface area contributed by atoms with Gasteiger partial charge in [-0.1, -0.05) is 18.2 Å². The number of nitrogens with one attached hydrogen (secondary N) is 2. The summed E-state index contributed by atoms with van der Waals surface area (Å²) in [6.45, 7) is 0.00942. The normalized spacial score (nSPS) is 10.1. The number of rotatable bonds is 6. The van der Waals surface area contributed by atoms with Gasteiger partial charge in [0, 0.05) is 11.3 Å². The zero-order valence-electron chi connectivity index (χ0n) is 12.2. The summed E-state index contributed by atoms with van der Waals surface area (Å²) in [7, 11) is 0. The summed E-state index contributed by atoms with van der Waals surface area (Å²) in [6.07, 6.45) is 0.433. The fraction of sp³-hybridized carbons (Fsp3) is 0.188. The van der Waals surface area contributed by atoms with E-state index in [1.165, 1.54) is 23.5 Å². The molecule has 2 N–H and O–H groups in total. The van der Waals surface area contributed by atoms with E-state index in [1.54, 1.807) is 12.1 Å². The van der Waals surface area contributed by atoms with Gasteiger partial charge in [-0.3, -0.25) is 9.59 Å². The first-order chi connectivity index (χ1) is 11.0. The molecule has 0 fully saturated rings. The van der Waals surface area contributed by atoms with Crippen molar-refractivity contribution in [3.63, 3.8) is 0 Å². The number of hydrogen-bond acceptors (Lipinski definition) is 4. The largest absolute Gasteiger partial charge is 0.355 e. The number of amides is 1. The van der Waals surface area contributed by atoms with Crippen molar-refractivity contribution in [2.75, 3.05) is 6.54 Å². The van der Waals surface area contributed by atoms with E-state index in [4.69, 9.17) is 12.2 Å². The van der Waals surface area contributed by atoms with Gasteiger partial charge in [-0.2, -0.15) is 0 Å². The molecular formula is C16H15FN2O2S2. The molecule has 0 saturated heterocycles. The minimum atomic E-state index is -0.339. The number of carbonyl (C=O) groups is 2. The van der Waals surface area contributed by atoms with Crippen molar-refractivity contribution in [1.29, 1.82) is 0 Å². The number of thiocarbonyl (C=S) groups is 1. The van der Waals surface area contributed by atoms with Crippen molar-refractivity contribution in [3.8, 4) is 0 Å². The maximum atomic E-state index is 12.8. The number of carbonyl (C=O) groups excluding carboxylic acids is 2. The Morgan fingerprint density at radius 1 is 1.13 bits per heavy atom. The van der Waals surface area contributed by atoms with Gasteiger partial charge in [-0.25, -0.2) is 4.39 Å². The maximum absolute atomic E-state index is 12.8. The highest BCUT2D eigenvalue weighted by Gasteiger charge is 2.08. The van der Waals surface area contributed by atoms with E-state index >= 15 is 0 Å². The molecule has 7 heteroatoms. The quantitative estimate of drug-likeness (QED) is 0.785. The summed E-state index contributed by atoms with van der Waals surface area (Å²) >= 11 is 6.48. The first-order valence-corrected chi connectivity index (χ1v) is 8.18. The lowest BCUT2D eigenvalue weighted by Crippen LogP contribution is -2.42. The van der Waals surface area contributed by atoms with Gasteiger partial charge in [0.15, 0.2) is 10.9 Å². The molecule has 0 spiro atoms. The molecule has 0 radical (unpaired) electrons. The molecular weight excluding hydrogens is 335 g/mol. The SMILES string of the molecule is O=C(CNC(=S)NC(=O)Cc1cccs1)Cc1ccc(F)cc1. The molecule has 0 saturated carbocycles. The summed E-state index contributed by atoms with van der Waals surface area (Å²) in [5.41, 5.74) is 0.728. The highest BCUT2D eigenvalue weighted by atomic mass is 32.1. The van der Waals surface area contributed by atoms with Crippen molar-refractivity contribution < 1.29 is 14.0 Å². The Kier molecular flexibility index (Phi) is 6.37. The lowest BCUT2D eigenvalue weighted by atomic mass is 10.1. The Morgan fingerprint density at radius 2 is 1.87 bits per heavy atom. The molecule has 0 bridgehead atoms. The van der Waals surface area contributed by atoms with Crippen LogP contribution in [0, 0.1) is 5.82 Å². The molecule has 1 heterocycles. The fourth-order valence-electron chi connectivity index (χ4n) is 1.86. The molecule has 23 heavy (non-hydrogen) atoms. The number of hydrogen-bond donors (Lipinski definition) is 2. The Hall–Kier alpha value is -2.12. The van der Waals surface area contributed by atoms with Gasteiger partial charge in [0.25, 0.3) is 0 Å². The minimum Gasteiger partial charge on any atom is -0.355 e. The Bertz CT molecular complexity index is 685. The molecule has 0 aliphatic carbocycles. The van der Waals surface area contributed by atoms with Gasteiger partial charge in [-0.05, 0) is 41.4 Å². The second kappa shape index (κ2) is 8.50. The van der Waals surface area contributed by atoms with Gasteiger partial charge < -0.3 is 10.6 Å². The molecule has 1 aromatic heterocycles. The number of ketones is 1. The number of Topliss-reactive ketones (excluding diaryl/α,β-unsaturated/α-hetero) is 1. The number of halogens is 1.